The maximum atomic E-state index is 13.1. The highest BCUT2D eigenvalue weighted by molar-refractivity contribution is 6.02. The minimum atomic E-state index is -1.11. The lowest BCUT2D eigenvalue weighted by Gasteiger charge is -2.08. The Morgan fingerprint density at radius 2 is 1.84 bits per heavy atom. The molecule has 0 aliphatic carbocycles. The second-order valence-corrected chi connectivity index (χ2v) is 3.84. The van der Waals surface area contributed by atoms with Crippen molar-refractivity contribution in [2.75, 3.05) is 0 Å². The van der Waals surface area contributed by atoms with E-state index in [2.05, 4.69) is 4.98 Å². The molecule has 0 radical (unpaired) electrons. The molecule has 94 valence electrons. The summed E-state index contributed by atoms with van der Waals surface area (Å²) in [6, 6.07) is 7.74. The maximum Gasteiger partial charge on any atom is 0.184 e. The molecule has 0 saturated heterocycles. The van der Waals surface area contributed by atoms with Crippen molar-refractivity contribution in [3.63, 3.8) is 0 Å². The zero-order chi connectivity index (χ0) is 13.8. The fourth-order valence-corrected chi connectivity index (χ4v) is 1.66. The summed E-state index contributed by atoms with van der Waals surface area (Å²) < 4.78 is 25.9. The molecule has 5 heteroatoms. The van der Waals surface area contributed by atoms with Crippen molar-refractivity contribution in [3.8, 4) is 6.07 Å². The Hall–Kier alpha value is -2.61. The zero-order valence-corrected chi connectivity index (χ0v) is 9.68. The lowest BCUT2D eigenvalue weighted by atomic mass is 9.92. The van der Waals surface area contributed by atoms with Gasteiger partial charge in [-0.05, 0) is 35.9 Å². The molecule has 2 rings (SSSR count). The van der Waals surface area contributed by atoms with Gasteiger partial charge in [0.15, 0.2) is 17.4 Å². The van der Waals surface area contributed by atoms with Crippen LogP contribution in [0.1, 0.15) is 21.8 Å². The van der Waals surface area contributed by atoms with Crippen LogP contribution in [0, 0.1) is 23.0 Å². The van der Waals surface area contributed by atoms with Crippen LogP contribution in [-0.4, -0.2) is 10.8 Å². The van der Waals surface area contributed by atoms with Crippen LogP contribution >= 0.6 is 0 Å². The van der Waals surface area contributed by atoms with Crippen molar-refractivity contribution in [3.05, 3.63) is 65.5 Å². The minimum Gasteiger partial charge on any atom is -0.292 e. The predicted octanol–water partition coefficient (Wildman–Crippen LogP) is 2.85. The number of nitriles is 1. The molecule has 0 N–H and O–H groups in total. The van der Waals surface area contributed by atoms with Gasteiger partial charge in [0.25, 0.3) is 0 Å². The molecule has 0 amide bonds. The van der Waals surface area contributed by atoms with Gasteiger partial charge in [-0.1, -0.05) is 0 Å². The summed E-state index contributed by atoms with van der Waals surface area (Å²) >= 11 is 0. The number of aromatic nitrogens is 1. The smallest absolute Gasteiger partial charge is 0.184 e. The number of nitrogens with zero attached hydrogens (tertiary/aromatic N) is 2. The van der Waals surface area contributed by atoms with Gasteiger partial charge in [0, 0.05) is 18.0 Å². The third-order valence-corrected chi connectivity index (χ3v) is 2.63. The average molecular weight is 258 g/mol. The Labute approximate surface area is 108 Å². The fraction of sp³-hybridized carbons (Fsp3) is 0.0714. The molecular weight excluding hydrogens is 250 g/mol. The molecule has 1 unspecified atom stereocenters. The molecule has 0 bridgehead atoms. The van der Waals surface area contributed by atoms with Crippen LogP contribution < -0.4 is 0 Å². The van der Waals surface area contributed by atoms with Gasteiger partial charge in [-0.2, -0.15) is 5.26 Å². The summed E-state index contributed by atoms with van der Waals surface area (Å²) in [5.74, 6) is -3.79. The third-order valence-electron chi connectivity index (χ3n) is 2.63. The van der Waals surface area contributed by atoms with Crippen LogP contribution in [0.5, 0.6) is 0 Å². The Balaban J connectivity index is 2.37. The minimum absolute atomic E-state index is 0.0396. The summed E-state index contributed by atoms with van der Waals surface area (Å²) in [7, 11) is 0. The number of rotatable bonds is 3. The van der Waals surface area contributed by atoms with Crippen LogP contribution in [0.25, 0.3) is 0 Å². The highest BCUT2D eigenvalue weighted by atomic mass is 19.2. The van der Waals surface area contributed by atoms with Gasteiger partial charge in [-0.3, -0.25) is 9.78 Å². The Kier molecular flexibility index (Phi) is 3.62. The normalized spacial score (nSPS) is 11.6. The summed E-state index contributed by atoms with van der Waals surface area (Å²) in [6.07, 6.45) is 2.91. The highest BCUT2D eigenvalue weighted by Crippen LogP contribution is 2.21. The molecular formula is C14H8F2N2O. The monoisotopic (exact) mass is 258 g/mol. The maximum absolute atomic E-state index is 13.1. The first-order valence-electron chi connectivity index (χ1n) is 5.42. The largest absolute Gasteiger partial charge is 0.292 e. The quantitative estimate of drug-likeness (QED) is 0.795. The fourth-order valence-electron chi connectivity index (χ4n) is 1.66. The van der Waals surface area contributed by atoms with Gasteiger partial charge in [0.1, 0.15) is 5.92 Å². The predicted molar refractivity (Wildman–Crippen MR) is 63.3 cm³/mol. The van der Waals surface area contributed by atoms with E-state index in [4.69, 9.17) is 5.26 Å². The van der Waals surface area contributed by atoms with Gasteiger partial charge in [-0.15, -0.1) is 0 Å². The van der Waals surface area contributed by atoms with E-state index >= 15 is 0 Å². The first-order chi connectivity index (χ1) is 9.13. The van der Waals surface area contributed by atoms with E-state index in [1.165, 1.54) is 24.5 Å². The lowest BCUT2D eigenvalue weighted by molar-refractivity contribution is 0.0978. The van der Waals surface area contributed by atoms with Crippen LogP contribution in [0.3, 0.4) is 0 Å². The topological polar surface area (TPSA) is 53.8 Å². The number of benzene rings is 1. The van der Waals surface area contributed by atoms with E-state index in [1.807, 2.05) is 6.07 Å². The van der Waals surface area contributed by atoms with Gasteiger partial charge in [-0.25, -0.2) is 8.78 Å². The number of pyridine rings is 1. The molecule has 0 aliphatic rings. The number of Topliss-reactive ketones (excluding diaryl/α,β-unsaturated/α-hetero) is 1. The Morgan fingerprint density at radius 1 is 1.16 bits per heavy atom. The van der Waals surface area contributed by atoms with E-state index in [0.29, 0.717) is 5.56 Å². The van der Waals surface area contributed by atoms with Gasteiger partial charge < -0.3 is 0 Å². The van der Waals surface area contributed by atoms with Crippen molar-refractivity contribution in [2.45, 2.75) is 5.92 Å². The Morgan fingerprint density at radius 3 is 2.42 bits per heavy atom. The summed E-state index contributed by atoms with van der Waals surface area (Å²) in [5.41, 5.74) is 0.425. The molecule has 1 aromatic heterocycles. The second kappa shape index (κ2) is 5.36. The Bertz CT molecular complexity index is 650. The molecule has 0 spiro atoms. The number of hydrogen-bond donors (Lipinski definition) is 0. The van der Waals surface area contributed by atoms with Crippen molar-refractivity contribution in [2.24, 2.45) is 0 Å². The average Bonchev–Trinajstić information content (AvgIpc) is 2.44. The second-order valence-electron chi connectivity index (χ2n) is 3.84. The molecule has 2 aromatic rings. The SMILES string of the molecule is N#CC(C(=O)c1ccc(F)c(F)c1)c1ccncc1. The van der Waals surface area contributed by atoms with Crippen molar-refractivity contribution in [1.82, 2.24) is 4.98 Å². The van der Waals surface area contributed by atoms with E-state index in [9.17, 15) is 13.6 Å². The van der Waals surface area contributed by atoms with E-state index in [1.54, 1.807) is 0 Å². The molecule has 0 fully saturated rings. The number of ketones is 1. The molecule has 1 aromatic carbocycles. The molecule has 0 aliphatic heterocycles. The molecule has 0 saturated carbocycles. The molecule has 3 nitrogen and oxygen atoms in total. The molecule has 1 atom stereocenters. The van der Waals surface area contributed by atoms with Gasteiger partial charge in [0.05, 0.1) is 6.07 Å². The first kappa shape index (κ1) is 12.8. The van der Waals surface area contributed by atoms with E-state index in [0.717, 1.165) is 18.2 Å². The number of carbonyl (C=O) groups is 1. The summed E-state index contributed by atoms with van der Waals surface area (Å²) in [6.45, 7) is 0. The van der Waals surface area contributed by atoms with Gasteiger partial charge in [0.2, 0.25) is 0 Å². The third kappa shape index (κ3) is 2.63. The number of halogens is 2. The lowest BCUT2D eigenvalue weighted by Crippen LogP contribution is -2.11. The highest BCUT2D eigenvalue weighted by Gasteiger charge is 2.22. The van der Waals surface area contributed by atoms with E-state index in [-0.39, 0.29) is 5.56 Å². The van der Waals surface area contributed by atoms with Crippen LogP contribution in [0.15, 0.2) is 42.7 Å². The summed E-state index contributed by atoms with van der Waals surface area (Å²) in [5, 5.41) is 9.08. The molecule has 1 heterocycles. The van der Waals surface area contributed by atoms with Crippen LogP contribution in [0.2, 0.25) is 0 Å². The van der Waals surface area contributed by atoms with E-state index < -0.39 is 23.3 Å². The van der Waals surface area contributed by atoms with Crippen molar-refractivity contribution < 1.29 is 13.6 Å². The van der Waals surface area contributed by atoms with Gasteiger partial charge >= 0.3 is 0 Å². The first-order valence-corrected chi connectivity index (χ1v) is 5.42. The summed E-state index contributed by atoms with van der Waals surface area (Å²) in [4.78, 5) is 15.9. The number of carbonyl (C=O) groups excluding carboxylic acids is 1. The van der Waals surface area contributed by atoms with Crippen molar-refractivity contribution in [1.29, 1.82) is 5.26 Å². The number of hydrogen-bond acceptors (Lipinski definition) is 3. The van der Waals surface area contributed by atoms with Crippen LogP contribution in [-0.2, 0) is 0 Å². The van der Waals surface area contributed by atoms with Crippen LogP contribution in [0.4, 0.5) is 8.78 Å². The molecule has 19 heavy (non-hydrogen) atoms. The zero-order valence-electron chi connectivity index (χ0n) is 9.68. The standard InChI is InChI=1S/C14H8F2N2O/c15-12-2-1-10(7-13(12)16)14(19)11(8-17)9-3-5-18-6-4-9/h1-7,11H. The van der Waals surface area contributed by atoms with Crippen molar-refractivity contribution >= 4 is 5.78 Å².